The van der Waals surface area contributed by atoms with E-state index < -0.39 is 17.6 Å². The minimum atomic E-state index is -0.708. The number of hydrogen-bond donors (Lipinski definition) is 1. The summed E-state index contributed by atoms with van der Waals surface area (Å²) in [6.07, 6.45) is 1.74. The van der Waals surface area contributed by atoms with Crippen molar-refractivity contribution in [2.75, 3.05) is 11.4 Å². The Balaban J connectivity index is 1.97. The van der Waals surface area contributed by atoms with Gasteiger partial charge in [0, 0.05) is 5.69 Å². The molecule has 3 rings (SSSR count). The molecule has 5 nitrogen and oxygen atoms in total. The van der Waals surface area contributed by atoms with Crippen molar-refractivity contribution in [2.24, 2.45) is 0 Å². The molecule has 1 amide bonds. The van der Waals surface area contributed by atoms with Gasteiger partial charge in [0.05, 0.1) is 6.04 Å². The van der Waals surface area contributed by atoms with Crippen molar-refractivity contribution in [1.82, 2.24) is 5.32 Å². The first kappa shape index (κ1) is 19.4. The van der Waals surface area contributed by atoms with Crippen molar-refractivity contribution in [1.29, 1.82) is 0 Å². The molecule has 1 fully saturated rings. The van der Waals surface area contributed by atoms with Crippen LogP contribution >= 0.6 is 0 Å². The molecule has 0 spiro atoms. The van der Waals surface area contributed by atoms with Crippen LogP contribution in [0.3, 0.4) is 0 Å². The summed E-state index contributed by atoms with van der Waals surface area (Å²) >= 11 is 0. The molecule has 1 N–H and O–H groups in total. The van der Waals surface area contributed by atoms with Crippen molar-refractivity contribution in [2.45, 2.75) is 58.2 Å². The Bertz CT molecular complexity index is 835. The zero-order chi connectivity index (χ0) is 19.6. The van der Waals surface area contributed by atoms with E-state index in [9.17, 15) is 9.59 Å². The Labute approximate surface area is 160 Å². The maximum absolute atomic E-state index is 13.2. The van der Waals surface area contributed by atoms with Crippen LogP contribution in [0, 0.1) is 0 Å². The second kappa shape index (κ2) is 7.69. The van der Waals surface area contributed by atoms with Gasteiger partial charge in [-0.3, -0.25) is 9.69 Å². The zero-order valence-electron chi connectivity index (χ0n) is 16.5. The Hall–Kier alpha value is -2.40. The number of carbonyl (C=O) groups excluding carboxylic acids is 2. The summed E-state index contributed by atoms with van der Waals surface area (Å²) in [6.45, 7) is 8.05. The first-order valence-corrected chi connectivity index (χ1v) is 9.54. The van der Waals surface area contributed by atoms with Crippen molar-refractivity contribution in [3.63, 3.8) is 0 Å². The topological polar surface area (TPSA) is 58.6 Å². The highest BCUT2D eigenvalue weighted by molar-refractivity contribution is 6.03. The van der Waals surface area contributed by atoms with E-state index in [-0.39, 0.29) is 11.9 Å². The zero-order valence-corrected chi connectivity index (χ0v) is 16.5. The lowest BCUT2D eigenvalue weighted by Gasteiger charge is -2.32. The van der Waals surface area contributed by atoms with Crippen LogP contribution in [-0.2, 0) is 14.3 Å². The predicted molar refractivity (Wildman–Crippen MR) is 108 cm³/mol. The summed E-state index contributed by atoms with van der Waals surface area (Å²) in [4.78, 5) is 27.6. The van der Waals surface area contributed by atoms with E-state index >= 15 is 0 Å². The van der Waals surface area contributed by atoms with Crippen LogP contribution < -0.4 is 10.2 Å². The van der Waals surface area contributed by atoms with Gasteiger partial charge in [0.15, 0.2) is 0 Å². The predicted octanol–water partition coefficient (Wildman–Crippen LogP) is 3.66. The average Bonchev–Trinajstić information content (AvgIpc) is 3.15. The Kier molecular flexibility index (Phi) is 5.51. The number of benzene rings is 2. The van der Waals surface area contributed by atoms with Crippen molar-refractivity contribution in [3.8, 4) is 0 Å². The summed E-state index contributed by atoms with van der Waals surface area (Å²) < 4.78 is 5.55. The molecule has 0 bridgehead atoms. The van der Waals surface area contributed by atoms with E-state index in [2.05, 4.69) is 5.32 Å². The summed E-state index contributed by atoms with van der Waals surface area (Å²) in [7, 11) is 0. The van der Waals surface area contributed by atoms with E-state index in [1.165, 1.54) is 0 Å². The molecule has 5 heteroatoms. The molecule has 0 saturated carbocycles. The number of amides is 1. The van der Waals surface area contributed by atoms with Gasteiger partial charge in [0.1, 0.15) is 11.6 Å². The molecule has 0 aliphatic carbocycles. The van der Waals surface area contributed by atoms with Crippen LogP contribution in [0.1, 0.15) is 40.5 Å². The van der Waals surface area contributed by atoms with Crippen LogP contribution in [0.2, 0.25) is 0 Å². The Morgan fingerprint density at radius 2 is 1.85 bits per heavy atom. The number of esters is 1. The smallest absolute Gasteiger partial charge is 0.329 e. The van der Waals surface area contributed by atoms with Gasteiger partial charge in [-0.1, -0.05) is 30.3 Å². The van der Waals surface area contributed by atoms with E-state index in [0.29, 0.717) is 5.69 Å². The summed E-state index contributed by atoms with van der Waals surface area (Å²) in [6, 6.07) is 12.9. The largest absolute Gasteiger partial charge is 0.458 e. The number of rotatable bonds is 4. The number of hydrogen-bond acceptors (Lipinski definition) is 4. The molecule has 2 atom stereocenters. The van der Waals surface area contributed by atoms with Crippen LogP contribution in [0.5, 0.6) is 0 Å². The second-order valence-corrected chi connectivity index (χ2v) is 8.10. The molecule has 1 aliphatic rings. The van der Waals surface area contributed by atoms with E-state index in [4.69, 9.17) is 4.74 Å². The maximum Gasteiger partial charge on any atom is 0.329 e. The molecule has 144 valence electrons. The molecule has 1 aliphatic heterocycles. The van der Waals surface area contributed by atoms with Gasteiger partial charge in [-0.05, 0) is 70.0 Å². The van der Waals surface area contributed by atoms with E-state index in [0.717, 1.165) is 30.2 Å². The van der Waals surface area contributed by atoms with Gasteiger partial charge < -0.3 is 10.1 Å². The quantitative estimate of drug-likeness (QED) is 0.837. The Morgan fingerprint density at radius 1 is 1.15 bits per heavy atom. The number of fused-ring (bicyclic) bond motifs is 1. The highest BCUT2D eigenvalue weighted by Gasteiger charge is 2.35. The van der Waals surface area contributed by atoms with Crippen molar-refractivity contribution < 1.29 is 14.3 Å². The summed E-state index contributed by atoms with van der Waals surface area (Å²) in [5.41, 5.74) is 0.112. The molecule has 2 aromatic rings. The fourth-order valence-corrected chi connectivity index (χ4v) is 3.42. The van der Waals surface area contributed by atoms with E-state index in [1.54, 1.807) is 11.8 Å². The number of anilines is 1. The van der Waals surface area contributed by atoms with Gasteiger partial charge in [-0.2, -0.15) is 0 Å². The van der Waals surface area contributed by atoms with Crippen LogP contribution in [0.4, 0.5) is 5.69 Å². The lowest BCUT2D eigenvalue weighted by atomic mass is 10.1. The van der Waals surface area contributed by atoms with Crippen molar-refractivity contribution >= 4 is 28.3 Å². The highest BCUT2D eigenvalue weighted by Crippen LogP contribution is 2.26. The standard InChI is InChI=1S/C22H28N2O3/c1-15(21(26)27-22(2,3)4)24(20(25)19-10-7-13-23-19)18-12-11-16-8-5-6-9-17(16)14-18/h5-6,8-9,11-12,14-15,19,23H,7,10,13H2,1-4H3/t15-,19-/m0/s1. The minimum Gasteiger partial charge on any atom is -0.458 e. The SMILES string of the molecule is C[C@@H](C(=O)OC(C)(C)C)N(C(=O)[C@@H]1CCCN1)c1ccc2ccccc2c1. The molecule has 1 saturated heterocycles. The third kappa shape index (κ3) is 4.48. The normalized spacial score (nSPS) is 18.3. The van der Waals surface area contributed by atoms with Gasteiger partial charge in [-0.15, -0.1) is 0 Å². The molecule has 0 radical (unpaired) electrons. The third-order valence-corrected chi connectivity index (χ3v) is 4.74. The van der Waals surface area contributed by atoms with Gasteiger partial charge in [0.2, 0.25) is 5.91 Å². The van der Waals surface area contributed by atoms with Gasteiger partial charge in [-0.25, -0.2) is 4.79 Å². The average molecular weight is 368 g/mol. The molecule has 1 heterocycles. The van der Waals surface area contributed by atoms with Gasteiger partial charge in [0.25, 0.3) is 0 Å². The number of ether oxygens (including phenoxy) is 1. The fourth-order valence-electron chi connectivity index (χ4n) is 3.42. The third-order valence-electron chi connectivity index (χ3n) is 4.74. The lowest BCUT2D eigenvalue weighted by molar-refractivity contribution is -0.156. The first-order valence-electron chi connectivity index (χ1n) is 9.54. The second-order valence-electron chi connectivity index (χ2n) is 8.10. The summed E-state index contributed by atoms with van der Waals surface area (Å²) in [5.74, 6) is -0.483. The molecule has 27 heavy (non-hydrogen) atoms. The molecular formula is C22H28N2O3. The molecule has 0 aromatic heterocycles. The lowest BCUT2D eigenvalue weighted by Crippen LogP contribution is -2.51. The minimum absolute atomic E-state index is 0.0823. The van der Waals surface area contributed by atoms with Crippen LogP contribution in [0.25, 0.3) is 10.8 Å². The molecule has 2 aromatic carbocycles. The fraction of sp³-hybridized carbons (Fsp3) is 0.455. The van der Waals surface area contributed by atoms with Gasteiger partial charge >= 0.3 is 5.97 Å². The Morgan fingerprint density at radius 3 is 2.48 bits per heavy atom. The number of nitrogens with one attached hydrogen (secondary N) is 1. The van der Waals surface area contributed by atoms with Crippen LogP contribution in [0.15, 0.2) is 42.5 Å². The first-order chi connectivity index (χ1) is 12.8. The number of nitrogens with zero attached hydrogens (tertiary/aromatic N) is 1. The highest BCUT2D eigenvalue weighted by atomic mass is 16.6. The number of carbonyl (C=O) groups is 2. The molecule has 0 unspecified atom stereocenters. The monoisotopic (exact) mass is 368 g/mol. The maximum atomic E-state index is 13.2. The van der Waals surface area contributed by atoms with Crippen LogP contribution in [-0.4, -0.2) is 36.1 Å². The van der Waals surface area contributed by atoms with Crippen molar-refractivity contribution in [3.05, 3.63) is 42.5 Å². The molecular weight excluding hydrogens is 340 g/mol. The van der Waals surface area contributed by atoms with E-state index in [1.807, 2.05) is 63.2 Å². The summed E-state index contributed by atoms with van der Waals surface area (Å²) in [5, 5.41) is 5.37.